The van der Waals surface area contributed by atoms with Crippen LogP contribution in [-0.2, 0) is 34.8 Å². The number of likely N-dealkylation sites (N-methyl/N-ethyl adjacent to an activating group) is 1. The van der Waals surface area contributed by atoms with E-state index in [1.165, 1.54) is 28.0 Å². The lowest BCUT2D eigenvalue weighted by molar-refractivity contribution is 0.0202. The Hall–Kier alpha value is -1.70. The Balaban J connectivity index is 1.71. The van der Waals surface area contributed by atoms with E-state index < -0.39 is 10.0 Å². The lowest BCUT2D eigenvalue weighted by Gasteiger charge is -2.28. The fraction of sp³-hybridized carbons (Fsp3) is 0.400. The second-order valence-electron chi connectivity index (χ2n) is 5.57. The van der Waals surface area contributed by atoms with Gasteiger partial charge in [-0.3, -0.25) is 0 Å². The molecule has 118 valence electrons. The summed E-state index contributed by atoms with van der Waals surface area (Å²) >= 11 is 0. The van der Waals surface area contributed by atoms with Gasteiger partial charge in [0.15, 0.2) is 5.03 Å². The number of fused-ring (bicyclic) bond motifs is 1. The van der Waals surface area contributed by atoms with E-state index in [1.54, 1.807) is 18.7 Å². The molecular formula is C15H19N3O3S. The monoisotopic (exact) mass is 321 g/mol. The Morgan fingerprint density at radius 3 is 2.77 bits per heavy atom. The molecule has 0 radical (unpaired) electrons. The van der Waals surface area contributed by atoms with Crippen molar-refractivity contribution >= 4 is 10.0 Å². The normalized spacial score (nSPS) is 18.4. The highest BCUT2D eigenvalue weighted by molar-refractivity contribution is 7.89. The van der Waals surface area contributed by atoms with Crippen molar-refractivity contribution < 1.29 is 13.2 Å². The third-order valence-corrected chi connectivity index (χ3v) is 5.57. The fourth-order valence-electron chi connectivity index (χ4n) is 2.59. The Bertz CT molecular complexity index is 770. The number of imidazole rings is 1. The summed E-state index contributed by atoms with van der Waals surface area (Å²) in [4.78, 5) is 3.93. The van der Waals surface area contributed by atoms with Crippen LogP contribution in [0.15, 0.2) is 41.8 Å². The maximum atomic E-state index is 12.5. The first-order chi connectivity index (χ1) is 10.5. The number of ether oxygens (including phenoxy) is 1. The number of hydrogen-bond acceptors (Lipinski definition) is 4. The van der Waals surface area contributed by atoms with E-state index >= 15 is 0 Å². The molecule has 0 bridgehead atoms. The van der Waals surface area contributed by atoms with Crippen molar-refractivity contribution in [2.24, 2.45) is 7.05 Å². The predicted octanol–water partition coefficient (Wildman–Crippen LogP) is 1.18. The minimum absolute atomic E-state index is 0.0636. The molecule has 22 heavy (non-hydrogen) atoms. The van der Waals surface area contributed by atoms with E-state index in [0.717, 1.165) is 6.42 Å². The molecule has 0 spiro atoms. The van der Waals surface area contributed by atoms with E-state index in [9.17, 15) is 8.42 Å². The smallest absolute Gasteiger partial charge is 0.261 e. The van der Waals surface area contributed by atoms with E-state index in [-0.39, 0.29) is 11.1 Å². The predicted molar refractivity (Wildman–Crippen MR) is 81.7 cm³/mol. The molecule has 1 unspecified atom stereocenters. The van der Waals surface area contributed by atoms with E-state index in [4.69, 9.17) is 4.74 Å². The summed E-state index contributed by atoms with van der Waals surface area (Å²) in [6.07, 6.45) is 3.56. The van der Waals surface area contributed by atoms with E-state index in [0.29, 0.717) is 13.2 Å². The maximum absolute atomic E-state index is 12.5. The lowest BCUT2D eigenvalue weighted by atomic mass is 9.99. The highest BCUT2D eigenvalue weighted by atomic mass is 32.2. The van der Waals surface area contributed by atoms with Gasteiger partial charge >= 0.3 is 0 Å². The van der Waals surface area contributed by atoms with Gasteiger partial charge in [0.05, 0.1) is 19.0 Å². The molecule has 0 fully saturated rings. The van der Waals surface area contributed by atoms with Crippen LogP contribution in [0.3, 0.4) is 0 Å². The van der Waals surface area contributed by atoms with Gasteiger partial charge in [0.1, 0.15) is 0 Å². The summed E-state index contributed by atoms with van der Waals surface area (Å²) in [5.41, 5.74) is 2.40. The van der Waals surface area contributed by atoms with Gasteiger partial charge in [-0.05, 0) is 11.1 Å². The third-order valence-electron chi connectivity index (χ3n) is 3.86. The highest BCUT2D eigenvalue weighted by Crippen LogP contribution is 2.22. The number of hydrogen-bond donors (Lipinski definition) is 0. The summed E-state index contributed by atoms with van der Waals surface area (Å²) in [6, 6.07) is 8.09. The van der Waals surface area contributed by atoms with Crippen LogP contribution >= 0.6 is 0 Å². The van der Waals surface area contributed by atoms with Crippen molar-refractivity contribution in [3.63, 3.8) is 0 Å². The number of aromatic nitrogens is 2. The maximum Gasteiger partial charge on any atom is 0.261 e. The average Bonchev–Trinajstić information content (AvgIpc) is 2.94. The Labute approximate surface area is 130 Å². The minimum atomic E-state index is -3.57. The van der Waals surface area contributed by atoms with Crippen LogP contribution in [0.25, 0.3) is 0 Å². The molecule has 1 aromatic carbocycles. The van der Waals surface area contributed by atoms with Gasteiger partial charge < -0.3 is 9.30 Å². The van der Waals surface area contributed by atoms with Crippen molar-refractivity contribution in [2.75, 3.05) is 13.6 Å². The Morgan fingerprint density at radius 2 is 2.09 bits per heavy atom. The van der Waals surface area contributed by atoms with Gasteiger partial charge in [-0.2, -0.15) is 4.31 Å². The largest absolute Gasteiger partial charge is 0.372 e. The van der Waals surface area contributed by atoms with Gasteiger partial charge in [-0.1, -0.05) is 24.3 Å². The quantitative estimate of drug-likeness (QED) is 0.848. The molecule has 2 heterocycles. The minimum Gasteiger partial charge on any atom is -0.372 e. The van der Waals surface area contributed by atoms with Gasteiger partial charge in [0, 0.05) is 33.3 Å². The SMILES string of the molecule is CN(CC1Cc2ccccc2CO1)S(=O)(=O)c1cn(C)cn1. The zero-order chi connectivity index (χ0) is 15.7. The standard InChI is InChI=1S/C15H19N3O3S/c1-17-9-15(16-11-17)22(19,20)18(2)8-14-7-12-5-3-4-6-13(12)10-21-14/h3-6,9,11,14H,7-8,10H2,1-2H3. The molecule has 1 aromatic heterocycles. The summed E-state index contributed by atoms with van der Waals surface area (Å²) in [7, 11) is -0.267. The second kappa shape index (κ2) is 5.83. The summed E-state index contributed by atoms with van der Waals surface area (Å²) in [5, 5.41) is 0.0636. The number of rotatable bonds is 4. The van der Waals surface area contributed by atoms with Crippen LogP contribution in [0, 0.1) is 0 Å². The highest BCUT2D eigenvalue weighted by Gasteiger charge is 2.28. The summed E-state index contributed by atoms with van der Waals surface area (Å²) in [5.74, 6) is 0. The summed E-state index contributed by atoms with van der Waals surface area (Å²) in [6.45, 7) is 0.839. The van der Waals surface area contributed by atoms with E-state index in [2.05, 4.69) is 11.1 Å². The van der Waals surface area contributed by atoms with Crippen molar-refractivity contribution in [2.45, 2.75) is 24.2 Å². The number of benzene rings is 1. The molecule has 0 aliphatic carbocycles. The fourth-order valence-corrected chi connectivity index (χ4v) is 3.75. The van der Waals surface area contributed by atoms with Crippen LogP contribution < -0.4 is 0 Å². The first kappa shape index (κ1) is 15.2. The molecule has 3 rings (SSSR count). The van der Waals surface area contributed by atoms with Crippen molar-refractivity contribution in [1.82, 2.24) is 13.9 Å². The lowest BCUT2D eigenvalue weighted by Crippen LogP contribution is -2.38. The van der Waals surface area contributed by atoms with E-state index in [1.807, 2.05) is 18.2 Å². The summed E-state index contributed by atoms with van der Waals surface area (Å²) < 4.78 is 33.6. The number of nitrogens with zero attached hydrogens (tertiary/aromatic N) is 3. The molecule has 0 amide bonds. The molecule has 2 aromatic rings. The molecule has 0 saturated heterocycles. The zero-order valence-corrected chi connectivity index (χ0v) is 13.5. The Morgan fingerprint density at radius 1 is 1.36 bits per heavy atom. The van der Waals surface area contributed by atoms with Crippen LogP contribution in [0.5, 0.6) is 0 Å². The van der Waals surface area contributed by atoms with Crippen LogP contribution in [-0.4, -0.2) is 42.0 Å². The van der Waals surface area contributed by atoms with Crippen molar-refractivity contribution in [3.8, 4) is 0 Å². The number of sulfonamides is 1. The van der Waals surface area contributed by atoms with Crippen LogP contribution in [0.2, 0.25) is 0 Å². The number of aryl methyl sites for hydroxylation is 1. The molecule has 1 atom stereocenters. The first-order valence-electron chi connectivity index (χ1n) is 7.09. The molecule has 1 aliphatic heterocycles. The molecule has 6 nitrogen and oxygen atoms in total. The topological polar surface area (TPSA) is 64.4 Å². The molecule has 7 heteroatoms. The molecule has 1 aliphatic rings. The van der Waals surface area contributed by atoms with Gasteiger partial charge in [0.25, 0.3) is 10.0 Å². The third kappa shape index (κ3) is 2.92. The molecule has 0 saturated carbocycles. The second-order valence-corrected chi connectivity index (χ2v) is 7.56. The van der Waals surface area contributed by atoms with Gasteiger partial charge in [0.2, 0.25) is 0 Å². The Kier molecular flexibility index (Phi) is 4.03. The van der Waals surface area contributed by atoms with Crippen LogP contribution in [0.4, 0.5) is 0 Å². The first-order valence-corrected chi connectivity index (χ1v) is 8.53. The van der Waals surface area contributed by atoms with Crippen LogP contribution in [0.1, 0.15) is 11.1 Å². The van der Waals surface area contributed by atoms with Crippen molar-refractivity contribution in [3.05, 3.63) is 47.9 Å². The van der Waals surface area contributed by atoms with Gasteiger partial charge in [-0.25, -0.2) is 13.4 Å². The zero-order valence-electron chi connectivity index (χ0n) is 12.6. The van der Waals surface area contributed by atoms with Gasteiger partial charge in [-0.15, -0.1) is 0 Å². The molecular weight excluding hydrogens is 302 g/mol. The molecule has 0 N–H and O–H groups in total. The van der Waals surface area contributed by atoms with Crippen molar-refractivity contribution in [1.29, 1.82) is 0 Å². The average molecular weight is 321 g/mol.